The molecule has 0 spiro atoms. The SMILES string of the molecule is Cc1nn2c(Cl)cc(C3CCOCC3)nc2c1Cc1cccc(CF)c1C. The number of aromatic nitrogens is 3. The van der Waals surface area contributed by atoms with E-state index < -0.39 is 6.67 Å². The van der Waals surface area contributed by atoms with Crippen molar-refractivity contribution in [2.24, 2.45) is 0 Å². The lowest BCUT2D eigenvalue weighted by molar-refractivity contribution is 0.0845. The zero-order chi connectivity index (χ0) is 19.0. The first-order chi connectivity index (χ1) is 13.1. The van der Waals surface area contributed by atoms with E-state index in [-0.39, 0.29) is 0 Å². The molecule has 6 heteroatoms. The van der Waals surface area contributed by atoms with Gasteiger partial charge >= 0.3 is 0 Å². The van der Waals surface area contributed by atoms with Crippen LogP contribution in [0.4, 0.5) is 4.39 Å². The van der Waals surface area contributed by atoms with Crippen molar-refractivity contribution in [1.82, 2.24) is 14.6 Å². The first-order valence-corrected chi connectivity index (χ1v) is 9.72. The predicted octanol–water partition coefficient (Wildman–Crippen LogP) is 4.95. The molecule has 0 radical (unpaired) electrons. The minimum Gasteiger partial charge on any atom is -0.381 e. The largest absolute Gasteiger partial charge is 0.381 e. The van der Waals surface area contributed by atoms with Gasteiger partial charge in [0.25, 0.3) is 0 Å². The second-order valence-corrected chi connectivity index (χ2v) is 7.59. The quantitative estimate of drug-likeness (QED) is 0.594. The highest BCUT2D eigenvalue weighted by atomic mass is 35.5. The van der Waals surface area contributed by atoms with E-state index in [2.05, 4.69) is 5.10 Å². The first-order valence-electron chi connectivity index (χ1n) is 9.34. The molecule has 142 valence electrons. The fraction of sp³-hybridized carbons (Fsp3) is 0.429. The molecular formula is C21H23ClFN3O. The second-order valence-electron chi connectivity index (χ2n) is 7.20. The summed E-state index contributed by atoms with van der Waals surface area (Å²) in [7, 11) is 0. The Morgan fingerprint density at radius 1 is 1.22 bits per heavy atom. The highest BCUT2D eigenvalue weighted by molar-refractivity contribution is 6.29. The number of ether oxygens (including phenoxy) is 1. The van der Waals surface area contributed by atoms with Gasteiger partial charge in [-0.3, -0.25) is 0 Å². The molecule has 1 fully saturated rings. The fourth-order valence-corrected chi connectivity index (χ4v) is 4.05. The van der Waals surface area contributed by atoms with Gasteiger partial charge in [0.15, 0.2) is 5.65 Å². The first kappa shape index (κ1) is 18.4. The Kier molecular flexibility index (Phi) is 5.15. The summed E-state index contributed by atoms with van der Waals surface area (Å²) in [6.45, 7) is 5.01. The zero-order valence-electron chi connectivity index (χ0n) is 15.6. The van der Waals surface area contributed by atoms with Crippen LogP contribution in [0, 0.1) is 13.8 Å². The van der Waals surface area contributed by atoms with E-state index in [4.69, 9.17) is 21.3 Å². The number of hydrogen-bond donors (Lipinski definition) is 0. The molecular weight excluding hydrogens is 365 g/mol. The zero-order valence-corrected chi connectivity index (χ0v) is 16.4. The standard InChI is InChI=1S/C21H23ClFN3O/c1-13-16(4-3-5-17(13)12-23)10-18-14(2)25-26-20(22)11-19(24-21(18)26)15-6-8-27-9-7-15/h3-5,11,15H,6-10,12H2,1-2H3. The van der Waals surface area contributed by atoms with Crippen molar-refractivity contribution in [3.05, 3.63) is 63.1 Å². The molecule has 1 aliphatic rings. The molecule has 1 aromatic carbocycles. The minimum absolute atomic E-state index is 0.362. The van der Waals surface area contributed by atoms with E-state index in [1.54, 1.807) is 4.52 Å². The predicted molar refractivity (Wildman–Crippen MR) is 104 cm³/mol. The van der Waals surface area contributed by atoms with Crippen molar-refractivity contribution in [1.29, 1.82) is 0 Å². The molecule has 0 bridgehead atoms. The highest BCUT2D eigenvalue weighted by Gasteiger charge is 2.21. The third-order valence-electron chi connectivity index (χ3n) is 5.57. The number of halogens is 2. The van der Waals surface area contributed by atoms with Crippen molar-refractivity contribution in [2.45, 2.75) is 45.7 Å². The summed E-state index contributed by atoms with van der Waals surface area (Å²) in [5, 5.41) is 5.16. The molecule has 2 aromatic heterocycles. The van der Waals surface area contributed by atoms with Crippen molar-refractivity contribution in [2.75, 3.05) is 13.2 Å². The van der Waals surface area contributed by atoms with Crippen molar-refractivity contribution >= 4 is 17.2 Å². The number of nitrogens with zero attached hydrogens (tertiary/aromatic N) is 3. The molecule has 0 N–H and O–H groups in total. The molecule has 4 nitrogen and oxygen atoms in total. The van der Waals surface area contributed by atoms with Gasteiger partial charge in [0, 0.05) is 36.8 Å². The summed E-state index contributed by atoms with van der Waals surface area (Å²) >= 11 is 6.53. The van der Waals surface area contributed by atoms with Crippen molar-refractivity contribution in [3.63, 3.8) is 0 Å². The van der Waals surface area contributed by atoms with Gasteiger partial charge in [-0.1, -0.05) is 29.8 Å². The second kappa shape index (κ2) is 7.56. The maximum Gasteiger partial charge on any atom is 0.160 e. The van der Waals surface area contributed by atoms with E-state index in [0.29, 0.717) is 17.5 Å². The van der Waals surface area contributed by atoms with Crippen LogP contribution in [0.15, 0.2) is 24.3 Å². The highest BCUT2D eigenvalue weighted by Crippen LogP contribution is 2.30. The molecule has 0 unspecified atom stereocenters. The lowest BCUT2D eigenvalue weighted by atomic mass is 9.95. The monoisotopic (exact) mass is 387 g/mol. The van der Waals surface area contributed by atoms with Gasteiger partial charge in [0.05, 0.1) is 5.69 Å². The Morgan fingerprint density at radius 2 is 1.96 bits per heavy atom. The number of aryl methyl sites for hydroxylation is 1. The average molecular weight is 388 g/mol. The number of fused-ring (bicyclic) bond motifs is 1. The van der Waals surface area contributed by atoms with Gasteiger partial charge < -0.3 is 4.74 Å². The Morgan fingerprint density at radius 3 is 2.70 bits per heavy atom. The topological polar surface area (TPSA) is 39.4 Å². The molecule has 27 heavy (non-hydrogen) atoms. The summed E-state index contributed by atoms with van der Waals surface area (Å²) in [5.74, 6) is 0.362. The third kappa shape index (κ3) is 3.46. The normalized spacial score (nSPS) is 15.6. The minimum atomic E-state index is -0.453. The van der Waals surface area contributed by atoms with Crippen LogP contribution in [0.5, 0.6) is 0 Å². The smallest absolute Gasteiger partial charge is 0.160 e. The van der Waals surface area contributed by atoms with E-state index in [9.17, 15) is 4.39 Å². The number of hydrogen-bond acceptors (Lipinski definition) is 3. The fourth-order valence-electron chi connectivity index (χ4n) is 3.82. The summed E-state index contributed by atoms with van der Waals surface area (Å²) in [5.41, 5.74) is 6.57. The Labute approximate surface area is 163 Å². The van der Waals surface area contributed by atoms with Gasteiger partial charge in [-0.15, -0.1) is 0 Å². The van der Waals surface area contributed by atoms with Gasteiger partial charge in [-0.05, 0) is 49.4 Å². The average Bonchev–Trinajstić information content (AvgIpc) is 3.00. The molecule has 0 saturated carbocycles. The van der Waals surface area contributed by atoms with Crippen LogP contribution in [0.1, 0.15) is 52.4 Å². The van der Waals surface area contributed by atoms with Crippen LogP contribution < -0.4 is 0 Å². The van der Waals surface area contributed by atoms with E-state index in [1.807, 2.05) is 38.1 Å². The van der Waals surface area contributed by atoms with Crippen LogP contribution in [-0.2, 0) is 17.8 Å². The summed E-state index contributed by atoms with van der Waals surface area (Å²) < 4.78 is 20.4. The van der Waals surface area contributed by atoms with Gasteiger partial charge in [0.1, 0.15) is 11.8 Å². The molecule has 0 atom stereocenters. The third-order valence-corrected chi connectivity index (χ3v) is 5.84. The summed E-state index contributed by atoms with van der Waals surface area (Å²) in [4.78, 5) is 4.94. The van der Waals surface area contributed by atoms with Gasteiger partial charge in [-0.25, -0.2) is 13.9 Å². The molecule has 1 aliphatic heterocycles. The number of rotatable bonds is 4. The molecule has 1 saturated heterocycles. The van der Waals surface area contributed by atoms with Crippen molar-refractivity contribution in [3.8, 4) is 0 Å². The summed E-state index contributed by atoms with van der Waals surface area (Å²) in [6.07, 6.45) is 2.58. The van der Waals surface area contributed by atoms with Gasteiger partial charge in [0.2, 0.25) is 0 Å². The number of alkyl halides is 1. The number of benzene rings is 1. The molecule has 0 amide bonds. The van der Waals surface area contributed by atoms with E-state index in [1.165, 1.54) is 0 Å². The maximum absolute atomic E-state index is 13.2. The molecule has 4 rings (SSSR count). The van der Waals surface area contributed by atoms with Crippen LogP contribution in [-0.4, -0.2) is 27.8 Å². The van der Waals surface area contributed by atoms with Crippen LogP contribution in [0.3, 0.4) is 0 Å². The maximum atomic E-state index is 13.2. The van der Waals surface area contributed by atoms with Gasteiger partial charge in [-0.2, -0.15) is 5.10 Å². The van der Waals surface area contributed by atoms with E-state index in [0.717, 1.165) is 65.3 Å². The lowest BCUT2D eigenvalue weighted by Gasteiger charge is -2.21. The Hall–Kier alpha value is -1.98. The molecule has 3 aromatic rings. The molecule has 3 heterocycles. The lowest BCUT2D eigenvalue weighted by Crippen LogP contribution is -2.15. The van der Waals surface area contributed by atoms with Crippen molar-refractivity contribution < 1.29 is 9.13 Å². The molecule has 0 aliphatic carbocycles. The van der Waals surface area contributed by atoms with Crippen LogP contribution in [0.2, 0.25) is 5.15 Å². The van der Waals surface area contributed by atoms with Crippen LogP contribution >= 0.6 is 11.6 Å². The summed E-state index contributed by atoms with van der Waals surface area (Å²) in [6, 6.07) is 7.71. The van der Waals surface area contributed by atoms with E-state index >= 15 is 0 Å². The Bertz CT molecular complexity index is 979. The van der Waals surface area contributed by atoms with Crippen LogP contribution in [0.25, 0.3) is 5.65 Å². The Balaban J connectivity index is 1.78.